The lowest BCUT2D eigenvalue weighted by atomic mass is 10.1. The van der Waals surface area contributed by atoms with Gasteiger partial charge in [-0.2, -0.15) is 4.31 Å². The van der Waals surface area contributed by atoms with Crippen LogP contribution in [0.3, 0.4) is 0 Å². The van der Waals surface area contributed by atoms with Crippen molar-refractivity contribution in [3.63, 3.8) is 0 Å². The highest BCUT2D eigenvalue weighted by Crippen LogP contribution is 2.35. The Hall–Kier alpha value is -0.910. The Morgan fingerprint density at radius 3 is 2.53 bits per heavy atom. The van der Waals surface area contributed by atoms with E-state index in [0.29, 0.717) is 17.3 Å². The van der Waals surface area contributed by atoms with Crippen molar-refractivity contribution in [3.05, 3.63) is 34.7 Å². The van der Waals surface area contributed by atoms with Crippen molar-refractivity contribution >= 4 is 26.9 Å². The lowest BCUT2D eigenvalue weighted by Gasteiger charge is -2.13. The fraction of sp³-hybridized carbons (Fsp3) is 0.429. The van der Waals surface area contributed by atoms with E-state index in [4.69, 9.17) is 0 Å². The molecule has 102 valence electrons. The summed E-state index contributed by atoms with van der Waals surface area (Å²) in [5.74, 6) is 0. The second-order valence-corrected chi connectivity index (χ2v) is 8.36. The molecule has 2 heterocycles. The molecule has 0 spiro atoms. The third-order valence-corrected chi connectivity index (χ3v) is 7.12. The zero-order valence-corrected chi connectivity index (χ0v) is 12.6. The van der Waals surface area contributed by atoms with E-state index in [9.17, 15) is 8.42 Å². The number of thiophene rings is 1. The summed E-state index contributed by atoms with van der Waals surface area (Å²) in [6, 6.07) is 3.69. The molecule has 3 rings (SSSR count). The first kappa shape index (κ1) is 13.1. The predicted molar refractivity (Wildman–Crippen MR) is 78.7 cm³/mol. The van der Waals surface area contributed by atoms with E-state index in [-0.39, 0.29) is 0 Å². The van der Waals surface area contributed by atoms with Crippen LogP contribution in [0.15, 0.2) is 34.1 Å². The SMILES string of the molecule is CC1=CC=C(c2ccc(S(=O)(=O)N3CCCC3)s2)C1. The molecule has 0 unspecified atom stereocenters. The fourth-order valence-corrected chi connectivity index (χ4v) is 5.52. The van der Waals surface area contributed by atoms with Gasteiger partial charge in [-0.05, 0) is 43.9 Å². The largest absolute Gasteiger partial charge is 0.252 e. The third kappa shape index (κ3) is 2.42. The molecule has 1 aromatic rings. The van der Waals surface area contributed by atoms with Crippen LogP contribution in [-0.4, -0.2) is 25.8 Å². The van der Waals surface area contributed by atoms with Gasteiger partial charge in [0.25, 0.3) is 10.0 Å². The van der Waals surface area contributed by atoms with Crippen molar-refractivity contribution in [1.82, 2.24) is 4.31 Å². The molecule has 1 fully saturated rings. The van der Waals surface area contributed by atoms with E-state index in [1.54, 1.807) is 10.4 Å². The fourth-order valence-electron chi connectivity index (χ4n) is 2.52. The highest BCUT2D eigenvalue weighted by atomic mass is 32.2. The van der Waals surface area contributed by atoms with Gasteiger partial charge in [0.1, 0.15) is 4.21 Å². The number of rotatable bonds is 3. The zero-order valence-electron chi connectivity index (χ0n) is 10.9. The number of nitrogens with zero attached hydrogens (tertiary/aromatic N) is 1. The van der Waals surface area contributed by atoms with Crippen LogP contribution < -0.4 is 0 Å². The van der Waals surface area contributed by atoms with Gasteiger partial charge in [-0.15, -0.1) is 11.3 Å². The molecule has 0 bridgehead atoms. The summed E-state index contributed by atoms with van der Waals surface area (Å²) in [4.78, 5) is 1.07. The molecule has 1 aromatic heterocycles. The zero-order chi connectivity index (χ0) is 13.5. The maximum Gasteiger partial charge on any atom is 0.252 e. The Morgan fingerprint density at radius 2 is 1.89 bits per heavy atom. The van der Waals surface area contributed by atoms with Gasteiger partial charge in [0.2, 0.25) is 0 Å². The predicted octanol–water partition coefficient (Wildman–Crippen LogP) is 3.27. The number of hydrogen-bond donors (Lipinski definition) is 0. The van der Waals surface area contributed by atoms with E-state index in [2.05, 4.69) is 19.1 Å². The van der Waals surface area contributed by atoms with Gasteiger partial charge >= 0.3 is 0 Å². The molecule has 3 nitrogen and oxygen atoms in total. The van der Waals surface area contributed by atoms with Crippen LogP contribution in [0.4, 0.5) is 0 Å². The molecule has 0 saturated carbocycles. The first-order valence-electron chi connectivity index (χ1n) is 6.54. The molecule has 0 atom stereocenters. The van der Waals surface area contributed by atoms with Crippen molar-refractivity contribution in [2.75, 3.05) is 13.1 Å². The number of sulfonamides is 1. The normalized spacial score (nSPS) is 20.7. The molecule has 0 amide bonds. The standard InChI is InChI=1S/C14H17NO2S2/c1-11-4-5-12(10-11)13-6-7-14(18-13)19(16,17)15-8-2-3-9-15/h4-7H,2-3,8-10H2,1H3. The van der Waals surface area contributed by atoms with Crippen LogP contribution in [-0.2, 0) is 10.0 Å². The molecule has 0 N–H and O–H groups in total. The van der Waals surface area contributed by atoms with E-state index >= 15 is 0 Å². The molecule has 19 heavy (non-hydrogen) atoms. The Labute approximate surface area is 118 Å². The first-order chi connectivity index (χ1) is 9.07. The average Bonchev–Trinajstić information content (AvgIpc) is 3.10. The molecule has 1 aliphatic heterocycles. The molecule has 0 radical (unpaired) electrons. The number of hydrogen-bond acceptors (Lipinski definition) is 3. The molecule has 5 heteroatoms. The second-order valence-electron chi connectivity index (χ2n) is 5.11. The Balaban J connectivity index is 1.85. The summed E-state index contributed by atoms with van der Waals surface area (Å²) in [6.45, 7) is 3.43. The number of allylic oxidation sites excluding steroid dienone is 4. The van der Waals surface area contributed by atoms with Crippen molar-refractivity contribution in [2.45, 2.75) is 30.4 Å². The minimum atomic E-state index is -3.25. The monoisotopic (exact) mass is 295 g/mol. The lowest BCUT2D eigenvalue weighted by molar-refractivity contribution is 0.479. The van der Waals surface area contributed by atoms with E-state index < -0.39 is 10.0 Å². The van der Waals surface area contributed by atoms with Crippen molar-refractivity contribution in [1.29, 1.82) is 0 Å². The molecule has 1 saturated heterocycles. The minimum absolute atomic E-state index is 0.481. The lowest BCUT2D eigenvalue weighted by Crippen LogP contribution is -2.27. The summed E-state index contributed by atoms with van der Waals surface area (Å²) in [6.07, 6.45) is 7.08. The molecule has 0 aromatic carbocycles. The highest BCUT2D eigenvalue weighted by molar-refractivity contribution is 7.91. The van der Waals surface area contributed by atoms with Gasteiger partial charge in [-0.3, -0.25) is 0 Å². The van der Waals surface area contributed by atoms with Crippen LogP contribution >= 0.6 is 11.3 Å². The minimum Gasteiger partial charge on any atom is -0.206 e. The summed E-state index contributed by atoms with van der Waals surface area (Å²) in [7, 11) is -3.25. The molecule has 2 aliphatic rings. The summed E-state index contributed by atoms with van der Waals surface area (Å²) in [5, 5.41) is 0. The van der Waals surface area contributed by atoms with Crippen LogP contribution in [0.1, 0.15) is 31.1 Å². The summed E-state index contributed by atoms with van der Waals surface area (Å²) < 4.78 is 26.9. The van der Waals surface area contributed by atoms with Gasteiger partial charge in [0, 0.05) is 18.0 Å². The molecular formula is C14H17NO2S2. The van der Waals surface area contributed by atoms with Gasteiger partial charge in [-0.25, -0.2) is 8.42 Å². The van der Waals surface area contributed by atoms with Crippen molar-refractivity contribution < 1.29 is 8.42 Å². The van der Waals surface area contributed by atoms with Gasteiger partial charge < -0.3 is 0 Å². The van der Waals surface area contributed by atoms with Gasteiger partial charge in [0.15, 0.2) is 0 Å². The third-order valence-electron chi connectivity index (χ3n) is 3.60. The van der Waals surface area contributed by atoms with Crippen LogP contribution in [0.25, 0.3) is 5.57 Å². The Kier molecular flexibility index (Phi) is 3.37. The average molecular weight is 295 g/mol. The van der Waals surface area contributed by atoms with Crippen molar-refractivity contribution in [2.24, 2.45) is 0 Å². The van der Waals surface area contributed by atoms with Crippen molar-refractivity contribution in [3.8, 4) is 0 Å². The van der Waals surface area contributed by atoms with Gasteiger partial charge in [-0.1, -0.05) is 17.7 Å². The highest BCUT2D eigenvalue weighted by Gasteiger charge is 2.28. The smallest absolute Gasteiger partial charge is 0.206 e. The van der Waals surface area contributed by atoms with E-state index in [0.717, 1.165) is 24.1 Å². The Bertz CT molecular complexity index is 647. The maximum atomic E-state index is 12.4. The molecule has 1 aliphatic carbocycles. The maximum absolute atomic E-state index is 12.4. The Morgan fingerprint density at radius 1 is 1.16 bits per heavy atom. The van der Waals surface area contributed by atoms with Crippen LogP contribution in [0.2, 0.25) is 0 Å². The quantitative estimate of drug-likeness (QED) is 0.858. The van der Waals surface area contributed by atoms with E-state index in [1.807, 2.05) is 6.07 Å². The van der Waals surface area contributed by atoms with E-state index in [1.165, 1.54) is 22.5 Å². The van der Waals surface area contributed by atoms with Crippen LogP contribution in [0, 0.1) is 0 Å². The second kappa shape index (κ2) is 4.89. The molecular weight excluding hydrogens is 278 g/mol. The summed E-state index contributed by atoms with van der Waals surface area (Å²) >= 11 is 1.39. The van der Waals surface area contributed by atoms with Crippen LogP contribution in [0.5, 0.6) is 0 Å². The topological polar surface area (TPSA) is 37.4 Å². The first-order valence-corrected chi connectivity index (χ1v) is 8.80. The summed E-state index contributed by atoms with van der Waals surface area (Å²) in [5.41, 5.74) is 2.55. The van der Waals surface area contributed by atoms with Gasteiger partial charge in [0.05, 0.1) is 0 Å².